The van der Waals surface area contributed by atoms with Crippen molar-refractivity contribution < 1.29 is 24.2 Å². The first-order chi connectivity index (χ1) is 16.5. The van der Waals surface area contributed by atoms with E-state index in [1.165, 1.54) is 0 Å². The van der Waals surface area contributed by atoms with Crippen molar-refractivity contribution in [1.29, 1.82) is 0 Å². The topological polar surface area (TPSA) is 100 Å². The van der Waals surface area contributed by atoms with Crippen LogP contribution in [-0.4, -0.2) is 43.5 Å². The van der Waals surface area contributed by atoms with Gasteiger partial charge in [-0.3, -0.25) is 10.1 Å². The van der Waals surface area contributed by atoms with E-state index in [9.17, 15) is 14.7 Å². The van der Waals surface area contributed by atoms with Crippen LogP contribution < -0.4 is 15.5 Å². The zero-order valence-corrected chi connectivity index (χ0v) is 21.9. The smallest absolute Gasteiger partial charge is 0.412 e. The Bertz CT molecular complexity index is 997. The van der Waals surface area contributed by atoms with Gasteiger partial charge in [0.1, 0.15) is 5.60 Å². The zero-order chi connectivity index (χ0) is 26.2. The Labute approximate surface area is 208 Å². The van der Waals surface area contributed by atoms with Crippen LogP contribution >= 0.6 is 0 Å². The number of nitrogens with one attached hydrogen (secondary N) is 2. The molecule has 192 valence electrons. The summed E-state index contributed by atoms with van der Waals surface area (Å²) in [4.78, 5) is 27.1. The minimum atomic E-state index is -0.685. The lowest BCUT2D eigenvalue weighted by molar-refractivity contribution is -0.145. The summed E-state index contributed by atoms with van der Waals surface area (Å²) in [5.41, 5.74) is 2.56. The van der Waals surface area contributed by atoms with Crippen molar-refractivity contribution in [3.63, 3.8) is 0 Å². The van der Waals surface area contributed by atoms with Gasteiger partial charge in [0.2, 0.25) is 0 Å². The molecule has 0 aliphatic rings. The number of amides is 1. The summed E-state index contributed by atoms with van der Waals surface area (Å²) in [7, 11) is 3.95. The number of anilines is 3. The van der Waals surface area contributed by atoms with E-state index in [2.05, 4.69) is 10.6 Å². The summed E-state index contributed by atoms with van der Waals surface area (Å²) in [6.07, 6.45) is 0.637. The Morgan fingerprint density at radius 2 is 1.71 bits per heavy atom. The summed E-state index contributed by atoms with van der Waals surface area (Å²) in [5, 5.41) is 17.0. The number of carbonyl (C=O) groups is 2. The molecule has 2 aromatic rings. The summed E-state index contributed by atoms with van der Waals surface area (Å²) in [6.45, 7) is 9.72. The molecule has 8 nitrogen and oxygen atoms in total. The average molecular weight is 486 g/mol. The van der Waals surface area contributed by atoms with E-state index < -0.39 is 17.6 Å². The van der Waals surface area contributed by atoms with E-state index in [4.69, 9.17) is 9.47 Å². The number of phenolic OH excluding ortho intramolecular Hbond substituents is 1. The summed E-state index contributed by atoms with van der Waals surface area (Å²) in [5.74, 6) is -1.07. The van der Waals surface area contributed by atoms with Crippen LogP contribution in [-0.2, 0) is 20.8 Å². The van der Waals surface area contributed by atoms with Crippen molar-refractivity contribution in [2.75, 3.05) is 36.2 Å². The second kappa shape index (κ2) is 12.3. The lowest BCUT2D eigenvalue weighted by atomic mass is 9.92. The molecule has 0 aromatic heterocycles. The average Bonchev–Trinajstić information content (AvgIpc) is 2.77. The minimum absolute atomic E-state index is 0.163. The van der Waals surface area contributed by atoms with Crippen LogP contribution in [0, 0.1) is 0 Å². The van der Waals surface area contributed by atoms with E-state index in [0.717, 1.165) is 17.7 Å². The van der Waals surface area contributed by atoms with E-state index in [0.29, 0.717) is 24.2 Å². The normalized spacial score (nSPS) is 12.0. The summed E-state index contributed by atoms with van der Waals surface area (Å²) in [6, 6.07) is 11.3. The van der Waals surface area contributed by atoms with Crippen molar-refractivity contribution >= 4 is 29.1 Å². The minimum Gasteiger partial charge on any atom is -0.504 e. The third kappa shape index (κ3) is 8.09. The first-order valence-corrected chi connectivity index (χ1v) is 12.0. The third-order valence-electron chi connectivity index (χ3n) is 5.29. The Balaban J connectivity index is 2.43. The van der Waals surface area contributed by atoms with Crippen LogP contribution in [0.5, 0.6) is 5.75 Å². The quantitative estimate of drug-likeness (QED) is 0.286. The molecule has 0 fully saturated rings. The molecule has 1 atom stereocenters. The van der Waals surface area contributed by atoms with Crippen LogP contribution in [0.1, 0.15) is 64.5 Å². The second-order valence-corrected chi connectivity index (χ2v) is 9.56. The molecular weight excluding hydrogens is 446 g/mol. The zero-order valence-electron chi connectivity index (χ0n) is 21.9. The number of rotatable bonds is 10. The molecule has 0 radical (unpaired) electrons. The largest absolute Gasteiger partial charge is 0.504 e. The van der Waals surface area contributed by atoms with Crippen LogP contribution in [0.3, 0.4) is 0 Å². The maximum absolute atomic E-state index is 12.8. The van der Waals surface area contributed by atoms with Crippen molar-refractivity contribution in [3.8, 4) is 5.75 Å². The highest BCUT2D eigenvalue weighted by Crippen LogP contribution is 2.41. The number of nitrogens with zero attached hydrogens (tertiary/aromatic N) is 1. The highest BCUT2D eigenvalue weighted by Gasteiger charge is 2.27. The van der Waals surface area contributed by atoms with Gasteiger partial charge in [0.05, 0.1) is 23.9 Å². The predicted octanol–water partition coefficient (Wildman–Crippen LogP) is 5.86. The highest BCUT2D eigenvalue weighted by molar-refractivity contribution is 5.91. The van der Waals surface area contributed by atoms with Gasteiger partial charge in [-0.15, -0.1) is 0 Å². The molecule has 0 spiro atoms. The van der Waals surface area contributed by atoms with Gasteiger partial charge in [-0.1, -0.05) is 31.5 Å². The number of ether oxygens (including phenoxy) is 2. The molecule has 35 heavy (non-hydrogen) atoms. The van der Waals surface area contributed by atoms with Gasteiger partial charge < -0.3 is 24.8 Å². The summed E-state index contributed by atoms with van der Waals surface area (Å²) < 4.78 is 10.6. The fourth-order valence-electron chi connectivity index (χ4n) is 3.63. The van der Waals surface area contributed by atoms with Crippen molar-refractivity contribution in [2.45, 2.75) is 65.5 Å². The molecule has 0 aliphatic carbocycles. The lowest BCUT2D eigenvalue weighted by Gasteiger charge is -2.23. The van der Waals surface area contributed by atoms with Crippen LogP contribution in [0.2, 0.25) is 0 Å². The van der Waals surface area contributed by atoms with Gasteiger partial charge in [0.25, 0.3) is 0 Å². The van der Waals surface area contributed by atoms with Crippen LogP contribution in [0.25, 0.3) is 0 Å². The maximum Gasteiger partial charge on any atom is 0.412 e. The number of esters is 1. The van der Waals surface area contributed by atoms with Crippen LogP contribution in [0.15, 0.2) is 36.4 Å². The molecule has 3 N–H and O–H groups in total. The first kappa shape index (κ1) is 27.8. The highest BCUT2D eigenvalue weighted by atomic mass is 16.6. The van der Waals surface area contributed by atoms with E-state index in [1.54, 1.807) is 39.8 Å². The van der Waals surface area contributed by atoms with Gasteiger partial charge in [-0.05, 0) is 63.4 Å². The Kier molecular flexibility index (Phi) is 9.80. The van der Waals surface area contributed by atoms with Gasteiger partial charge in [0, 0.05) is 26.3 Å². The number of hydrogen-bond acceptors (Lipinski definition) is 7. The molecule has 0 saturated carbocycles. The molecule has 0 saturated heterocycles. The Morgan fingerprint density at radius 1 is 1.06 bits per heavy atom. The van der Waals surface area contributed by atoms with Gasteiger partial charge in [0.15, 0.2) is 5.75 Å². The predicted molar refractivity (Wildman–Crippen MR) is 140 cm³/mol. The van der Waals surface area contributed by atoms with Gasteiger partial charge >= 0.3 is 12.1 Å². The Hall–Kier alpha value is -3.42. The van der Waals surface area contributed by atoms with E-state index in [1.807, 2.05) is 50.2 Å². The first-order valence-electron chi connectivity index (χ1n) is 12.0. The molecule has 0 unspecified atom stereocenters. The Morgan fingerprint density at radius 3 is 2.26 bits per heavy atom. The van der Waals surface area contributed by atoms with Gasteiger partial charge in [-0.25, -0.2) is 4.79 Å². The maximum atomic E-state index is 12.8. The molecule has 0 bridgehead atoms. The van der Waals surface area contributed by atoms with Crippen molar-refractivity contribution in [1.82, 2.24) is 0 Å². The third-order valence-corrected chi connectivity index (χ3v) is 5.29. The van der Waals surface area contributed by atoms with E-state index in [-0.39, 0.29) is 24.0 Å². The van der Waals surface area contributed by atoms with Gasteiger partial charge in [-0.2, -0.15) is 0 Å². The number of aromatic hydroxyl groups is 1. The fourth-order valence-corrected chi connectivity index (χ4v) is 3.63. The SMILES string of the molecule is CCC[C@@H](C(=O)OCC)c1ccc(NC(=O)OC(C)(C)C)c(O)c1NCc1ccc(N(C)C)cc1. The number of hydrogen-bond donors (Lipinski definition) is 3. The number of phenols is 1. The van der Waals surface area contributed by atoms with Crippen LogP contribution in [0.4, 0.5) is 21.9 Å². The lowest BCUT2D eigenvalue weighted by Crippen LogP contribution is -2.27. The second-order valence-electron chi connectivity index (χ2n) is 9.56. The molecule has 2 aromatic carbocycles. The fraction of sp³-hybridized carbons (Fsp3) is 0.481. The molecule has 0 heterocycles. The van der Waals surface area contributed by atoms with Crippen molar-refractivity contribution in [2.24, 2.45) is 0 Å². The molecule has 0 aliphatic heterocycles. The number of carbonyl (C=O) groups excluding carboxylic acids is 2. The van der Waals surface area contributed by atoms with E-state index >= 15 is 0 Å². The summed E-state index contributed by atoms with van der Waals surface area (Å²) >= 11 is 0. The molecule has 8 heteroatoms. The molecule has 2 rings (SSSR count). The molecular formula is C27H39N3O5. The molecule has 1 amide bonds. The standard InChI is InChI=1S/C27H39N3O5/c1-8-10-21(25(32)34-9-2)20-15-16-22(29-26(33)35-27(3,4)5)24(31)23(20)28-17-18-11-13-19(14-12-18)30(6)7/h11-16,21,28,31H,8-10,17H2,1-7H3,(H,29,33)/t21-/m1/s1. The number of benzene rings is 2. The monoisotopic (exact) mass is 485 g/mol. The van der Waals surface area contributed by atoms with Crippen molar-refractivity contribution in [3.05, 3.63) is 47.5 Å².